The number of anilines is 1. The third-order valence-electron chi connectivity index (χ3n) is 11.0. The number of aromatic amines is 1. The molecule has 2 aliphatic heterocycles. The first-order chi connectivity index (χ1) is 27.2. The van der Waals surface area contributed by atoms with Gasteiger partial charge in [-0.3, -0.25) is 24.8 Å². The number of allylic oxidation sites excluding steroid dienone is 1. The number of nitro benzene ring substituents is 1. The number of carbonyl (C=O) groups excluding carboxylic acids is 1. The molecular weight excluding hydrogens is 735 g/mol. The third kappa shape index (κ3) is 8.15. The van der Waals surface area contributed by atoms with Crippen molar-refractivity contribution in [3.63, 3.8) is 0 Å². The summed E-state index contributed by atoms with van der Waals surface area (Å²) in [6.45, 7) is 2.78. The van der Waals surface area contributed by atoms with Crippen molar-refractivity contribution in [3.8, 4) is 11.5 Å². The fourth-order valence-electron chi connectivity index (χ4n) is 8.02. The number of hydrogen-bond acceptors (Lipinski definition) is 11. The minimum atomic E-state index is -4.54. The van der Waals surface area contributed by atoms with E-state index in [0.29, 0.717) is 43.2 Å². The van der Waals surface area contributed by atoms with Crippen LogP contribution in [0.15, 0.2) is 96.3 Å². The van der Waals surface area contributed by atoms with Crippen molar-refractivity contribution in [1.82, 2.24) is 24.6 Å². The highest BCUT2D eigenvalue weighted by molar-refractivity contribution is 7.90. The fourth-order valence-corrected chi connectivity index (χ4v) is 9.00. The highest BCUT2D eigenvalue weighted by Gasteiger charge is 2.33. The molecule has 0 radical (unpaired) electrons. The summed E-state index contributed by atoms with van der Waals surface area (Å²) in [7, 11) is -4.54. The van der Waals surface area contributed by atoms with E-state index in [1.54, 1.807) is 30.5 Å². The van der Waals surface area contributed by atoms with Gasteiger partial charge in [-0.15, -0.1) is 0 Å². The Morgan fingerprint density at radius 3 is 2.70 bits per heavy atom. The first-order valence-corrected chi connectivity index (χ1v) is 20.5. The van der Waals surface area contributed by atoms with E-state index in [2.05, 4.69) is 42.0 Å². The average Bonchev–Trinajstić information content (AvgIpc) is 3.91. The summed E-state index contributed by atoms with van der Waals surface area (Å²) >= 11 is 0. The Bertz CT molecular complexity index is 2380. The molecule has 8 rings (SSSR count). The van der Waals surface area contributed by atoms with Gasteiger partial charge in [0, 0.05) is 49.6 Å². The number of H-pyrrole nitrogens is 1. The van der Waals surface area contributed by atoms with Gasteiger partial charge in [0.25, 0.3) is 21.6 Å². The maximum absolute atomic E-state index is 13.8. The molecule has 3 N–H and O–H groups in total. The molecule has 56 heavy (non-hydrogen) atoms. The number of benzene rings is 2. The van der Waals surface area contributed by atoms with E-state index in [9.17, 15) is 23.3 Å². The van der Waals surface area contributed by atoms with E-state index in [4.69, 9.17) is 9.47 Å². The van der Waals surface area contributed by atoms with Gasteiger partial charge >= 0.3 is 0 Å². The molecule has 14 nitrogen and oxygen atoms in total. The molecule has 5 heterocycles. The van der Waals surface area contributed by atoms with Crippen LogP contribution in [0, 0.1) is 16.0 Å². The Hall–Kier alpha value is -5.64. The minimum Gasteiger partial charge on any atom is -0.455 e. The van der Waals surface area contributed by atoms with Crippen LogP contribution in [-0.2, 0) is 14.8 Å². The van der Waals surface area contributed by atoms with Crippen molar-refractivity contribution >= 4 is 43.9 Å². The molecule has 3 aliphatic rings. The lowest BCUT2D eigenvalue weighted by Crippen LogP contribution is -2.36. The maximum atomic E-state index is 13.8. The van der Waals surface area contributed by atoms with Crippen LogP contribution in [0.1, 0.15) is 72.6 Å². The van der Waals surface area contributed by atoms with Crippen molar-refractivity contribution in [1.29, 1.82) is 0 Å². The Kier molecular flexibility index (Phi) is 10.8. The number of amides is 1. The Morgan fingerprint density at radius 2 is 1.91 bits per heavy atom. The van der Waals surface area contributed by atoms with Gasteiger partial charge in [0.15, 0.2) is 0 Å². The molecule has 0 saturated carbocycles. The quantitative estimate of drug-likeness (QED) is 0.0849. The molecule has 2 fully saturated rings. The Morgan fingerprint density at radius 1 is 1.04 bits per heavy atom. The Balaban J connectivity index is 1.03. The molecular formula is C41H43N7O7S. The van der Waals surface area contributed by atoms with E-state index in [1.807, 2.05) is 24.4 Å². The summed E-state index contributed by atoms with van der Waals surface area (Å²) in [4.78, 5) is 39.5. The molecule has 2 aromatic carbocycles. The number of hydrogen-bond donors (Lipinski definition) is 3. The van der Waals surface area contributed by atoms with Crippen LogP contribution >= 0.6 is 0 Å². The molecule has 0 bridgehead atoms. The molecule has 1 aliphatic carbocycles. The standard InChI is InChI=1S/C41H43N7O7S/c49-41(46-56(52,53)33-11-13-36(38(24-33)48(50)51)44-25-27-15-20-54-21-16-27)34-12-8-29(23-39(34)55-32-22-30-14-18-43-40(30)45-26-32)28-6-9-31(10-7-28)47-19-3-5-37(47)35-4-1-2-17-42-35/h1-2,4,6,8,11-14,17-18,22-24,26-27,31,37,44H,3,5,7,9-10,15-16,19-21,25H2,(H,43,45)(H,46,49). The predicted octanol–water partition coefficient (Wildman–Crippen LogP) is 7.39. The van der Waals surface area contributed by atoms with Gasteiger partial charge in [-0.25, -0.2) is 18.1 Å². The lowest BCUT2D eigenvalue weighted by molar-refractivity contribution is -0.384. The fraction of sp³-hybridized carbons (Fsp3) is 0.341. The predicted molar refractivity (Wildman–Crippen MR) is 211 cm³/mol. The van der Waals surface area contributed by atoms with Crippen LogP contribution < -0.4 is 14.8 Å². The van der Waals surface area contributed by atoms with E-state index in [1.165, 1.54) is 18.3 Å². The third-order valence-corrected chi connectivity index (χ3v) is 12.3. The van der Waals surface area contributed by atoms with E-state index in [0.717, 1.165) is 79.8 Å². The van der Waals surface area contributed by atoms with Gasteiger partial charge in [-0.2, -0.15) is 0 Å². The number of aromatic nitrogens is 3. The van der Waals surface area contributed by atoms with Crippen LogP contribution in [0.2, 0.25) is 0 Å². The minimum absolute atomic E-state index is 0.0275. The zero-order valence-electron chi connectivity index (χ0n) is 30.7. The maximum Gasteiger partial charge on any atom is 0.293 e. The smallest absolute Gasteiger partial charge is 0.293 e. The Labute approximate surface area is 324 Å². The summed E-state index contributed by atoms with van der Waals surface area (Å²) in [6, 6.07) is 19.1. The summed E-state index contributed by atoms with van der Waals surface area (Å²) in [5.74, 6) is -0.165. The molecule has 2 saturated heterocycles. The first-order valence-electron chi connectivity index (χ1n) is 19.0. The summed E-state index contributed by atoms with van der Waals surface area (Å²) in [5, 5.41) is 15.9. The number of carbonyl (C=O) groups is 1. The van der Waals surface area contributed by atoms with Crippen molar-refractivity contribution in [2.24, 2.45) is 5.92 Å². The van der Waals surface area contributed by atoms with Crippen LogP contribution in [0.25, 0.3) is 16.6 Å². The lowest BCUT2D eigenvalue weighted by Gasteiger charge is -2.35. The molecule has 1 amide bonds. The highest BCUT2D eigenvalue weighted by Crippen LogP contribution is 2.39. The molecule has 0 spiro atoms. The monoisotopic (exact) mass is 777 g/mol. The van der Waals surface area contributed by atoms with E-state index in [-0.39, 0.29) is 22.9 Å². The number of ether oxygens (including phenoxy) is 2. The number of nitro groups is 1. The average molecular weight is 778 g/mol. The number of sulfonamides is 1. The molecule has 290 valence electrons. The summed E-state index contributed by atoms with van der Waals surface area (Å²) < 4.78 is 41.0. The zero-order chi connectivity index (χ0) is 38.6. The lowest BCUT2D eigenvalue weighted by atomic mass is 9.89. The van der Waals surface area contributed by atoms with Crippen molar-refractivity contribution in [2.75, 3.05) is 31.6 Å². The molecule has 3 aromatic heterocycles. The van der Waals surface area contributed by atoms with E-state index >= 15 is 0 Å². The number of rotatable bonds is 12. The van der Waals surface area contributed by atoms with Gasteiger partial charge in [0.2, 0.25) is 0 Å². The molecule has 5 aromatic rings. The van der Waals surface area contributed by atoms with Gasteiger partial charge in [-0.05, 0) is 117 Å². The van der Waals surface area contributed by atoms with Gasteiger partial charge in [0.1, 0.15) is 22.8 Å². The van der Waals surface area contributed by atoms with Gasteiger partial charge in [-0.1, -0.05) is 18.2 Å². The normalized spacial score (nSPS) is 19.4. The van der Waals surface area contributed by atoms with Crippen LogP contribution in [0.5, 0.6) is 11.5 Å². The van der Waals surface area contributed by atoms with Gasteiger partial charge < -0.3 is 19.8 Å². The number of nitrogens with zero attached hydrogens (tertiary/aromatic N) is 4. The van der Waals surface area contributed by atoms with Crippen LogP contribution in [0.4, 0.5) is 11.4 Å². The van der Waals surface area contributed by atoms with Crippen LogP contribution in [-0.4, -0.2) is 71.4 Å². The summed E-state index contributed by atoms with van der Waals surface area (Å²) in [5.41, 5.74) is 3.50. The first kappa shape index (κ1) is 37.3. The molecule has 2 unspecified atom stereocenters. The second kappa shape index (κ2) is 16.2. The van der Waals surface area contributed by atoms with Crippen LogP contribution in [0.3, 0.4) is 0 Å². The highest BCUT2D eigenvalue weighted by atomic mass is 32.2. The number of pyridine rings is 2. The number of fused-ring (bicyclic) bond motifs is 1. The van der Waals surface area contributed by atoms with E-state index < -0.39 is 31.4 Å². The van der Waals surface area contributed by atoms with Crippen molar-refractivity contribution in [2.45, 2.75) is 61.9 Å². The van der Waals surface area contributed by atoms with Crippen molar-refractivity contribution in [3.05, 3.63) is 118 Å². The topological polar surface area (TPSA) is 182 Å². The number of nitrogens with one attached hydrogen (secondary N) is 3. The summed E-state index contributed by atoms with van der Waals surface area (Å²) in [6.07, 6.45) is 13.9. The van der Waals surface area contributed by atoms with Gasteiger partial charge in [0.05, 0.1) is 33.3 Å². The SMILES string of the molecule is O=C(NS(=O)(=O)c1ccc(NCC2CCOCC2)c([N+](=O)[O-])c1)c1ccc(C2=CCC(N3CCCC3c3ccccn3)CC2)cc1Oc1cnc2[nH]ccc2c1. The second-order valence-electron chi connectivity index (χ2n) is 14.5. The largest absolute Gasteiger partial charge is 0.455 e. The molecule has 15 heteroatoms. The number of likely N-dealkylation sites (tertiary alicyclic amines) is 1. The second-order valence-corrected chi connectivity index (χ2v) is 16.2. The zero-order valence-corrected chi connectivity index (χ0v) is 31.5. The van der Waals surface area contributed by atoms with Crippen molar-refractivity contribution < 1.29 is 27.6 Å². The molecule has 2 atom stereocenters.